The Hall–Kier alpha value is -2.57. The van der Waals surface area contributed by atoms with Crippen LogP contribution in [0, 0.1) is 6.92 Å². The van der Waals surface area contributed by atoms with Gasteiger partial charge in [-0.2, -0.15) is 0 Å². The maximum atomic E-state index is 12.2. The molecule has 1 heterocycles. The number of hydrogen-bond acceptors (Lipinski definition) is 3. The monoisotopic (exact) mass is 346 g/mol. The quantitative estimate of drug-likeness (QED) is 0.739. The summed E-state index contributed by atoms with van der Waals surface area (Å²) >= 11 is 0. The lowest BCUT2D eigenvalue weighted by molar-refractivity contribution is -0.127. The number of likely N-dealkylation sites (tertiary alicyclic amines) is 1. The summed E-state index contributed by atoms with van der Waals surface area (Å²) in [4.78, 5) is 37.4. The van der Waals surface area contributed by atoms with Crippen LogP contribution in [0.15, 0.2) is 18.2 Å². The SMILES string of the molecule is CCCN1C[C@@H](NC(=O)Nc2ccc(C)c(NC(=O)CC)c2)CC1=O. The van der Waals surface area contributed by atoms with Gasteiger partial charge in [0.25, 0.3) is 0 Å². The van der Waals surface area contributed by atoms with Gasteiger partial charge in [-0.3, -0.25) is 9.59 Å². The van der Waals surface area contributed by atoms with Crippen molar-refractivity contribution in [3.63, 3.8) is 0 Å². The summed E-state index contributed by atoms with van der Waals surface area (Å²) in [5.74, 6) is -0.00256. The molecule has 0 bridgehead atoms. The van der Waals surface area contributed by atoms with Gasteiger partial charge in [-0.25, -0.2) is 4.79 Å². The molecule has 0 spiro atoms. The first-order chi connectivity index (χ1) is 11.9. The average molecular weight is 346 g/mol. The van der Waals surface area contributed by atoms with E-state index in [0.29, 0.717) is 30.8 Å². The van der Waals surface area contributed by atoms with E-state index in [2.05, 4.69) is 16.0 Å². The van der Waals surface area contributed by atoms with Gasteiger partial charge >= 0.3 is 6.03 Å². The molecule has 1 saturated heterocycles. The lowest BCUT2D eigenvalue weighted by Gasteiger charge is -2.16. The molecule has 0 aromatic heterocycles. The molecule has 2 rings (SSSR count). The van der Waals surface area contributed by atoms with Crippen LogP contribution in [0.25, 0.3) is 0 Å². The van der Waals surface area contributed by atoms with Crippen molar-refractivity contribution in [2.24, 2.45) is 0 Å². The normalized spacial score (nSPS) is 16.7. The lowest BCUT2D eigenvalue weighted by Crippen LogP contribution is -2.39. The number of aryl methyl sites for hydroxylation is 1. The number of benzene rings is 1. The number of carbonyl (C=O) groups is 3. The molecule has 1 atom stereocenters. The fourth-order valence-electron chi connectivity index (χ4n) is 2.78. The summed E-state index contributed by atoms with van der Waals surface area (Å²) in [5.41, 5.74) is 2.18. The Morgan fingerprint density at radius 3 is 2.68 bits per heavy atom. The van der Waals surface area contributed by atoms with E-state index < -0.39 is 0 Å². The van der Waals surface area contributed by atoms with E-state index in [0.717, 1.165) is 18.5 Å². The van der Waals surface area contributed by atoms with E-state index in [9.17, 15) is 14.4 Å². The van der Waals surface area contributed by atoms with Crippen molar-refractivity contribution in [3.05, 3.63) is 23.8 Å². The maximum Gasteiger partial charge on any atom is 0.319 e. The van der Waals surface area contributed by atoms with Crippen molar-refractivity contribution >= 4 is 29.2 Å². The molecule has 0 aliphatic carbocycles. The largest absolute Gasteiger partial charge is 0.341 e. The smallest absolute Gasteiger partial charge is 0.319 e. The highest BCUT2D eigenvalue weighted by molar-refractivity contribution is 5.94. The minimum Gasteiger partial charge on any atom is -0.341 e. The molecule has 0 saturated carbocycles. The van der Waals surface area contributed by atoms with E-state index >= 15 is 0 Å². The molecule has 25 heavy (non-hydrogen) atoms. The zero-order valence-corrected chi connectivity index (χ0v) is 15.0. The van der Waals surface area contributed by atoms with Gasteiger partial charge in [0.15, 0.2) is 0 Å². The lowest BCUT2D eigenvalue weighted by atomic mass is 10.1. The first kappa shape index (κ1) is 18.8. The Kier molecular flexibility index (Phi) is 6.38. The van der Waals surface area contributed by atoms with E-state index in [1.807, 2.05) is 19.9 Å². The fourth-order valence-corrected chi connectivity index (χ4v) is 2.78. The number of anilines is 2. The summed E-state index contributed by atoms with van der Waals surface area (Å²) in [6.45, 7) is 6.96. The Bertz CT molecular complexity index is 660. The van der Waals surface area contributed by atoms with E-state index in [4.69, 9.17) is 0 Å². The zero-order valence-electron chi connectivity index (χ0n) is 15.0. The minimum atomic E-state index is -0.354. The molecule has 1 aromatic carbocycles. The predicted octanol–water partition coefficient (Wildman–Crippen LogP) is 2.48. The van der Waals surface area contributed by atoms with Crippen LogP contribution in [0.1, 0.15) is 38.7 Å². The molecular weight excluding hydrogens is 320 g/mol. The molecule has 0 unspecified atom stereocenters. The molecule has 4 amide bonds. The second-order valence-electron chi connectivity index (χ2n) is 6.27. The molecule has 136 valence electrons. The molecular formula is C18H26N4O3. The van der Waals surface area contributed by atoms with Crippen molar-refractivity contribution in [1.82, 2.24) is 10.2 Å². The fraction of sp³-hybridized carbons (Fsp3) is 0.500. The summed E-state index contributed by atoms with van der Waals surface area (Å²) in [6, 6.07) is 4.81. The molecule has 1 aliphatic rings. The Morgan fingerprint density at radius 1 is 1.24 bits per heavy atom. The Balaban J connectivity index is 1.93. The average Bonchev–Trinajstić information content (AvgIpc) is 2.90. The number of nitrogens with one attached hydrogen (secondary N) is 3. The highest BCUT2D eigenvalue weighted by Gasteiger charge is 2.29. The first-order valence-electron chi connectivity index (χ1n) is 8.68. The van der Waals surface area contributed by atoms with E-state index in [-0.39, 0.29) is 23.9 Å². The number of hydrogen-bond donors (Lipinski definition) is 3. The molecule has 7 heteroatoms. The predicted molar refractivity (Wildman–Crippen MR) is 97.5 cm³/mol. The molecule has 0 radical (unpaired) electrons. The van der Waals surface area contributed by atoms with Gasteiger partial charge in [0, 0.05) is 37.3 Å². The molecule has 1 fully saturated rings. The first-order valence-corrected chi connectivity index (χ1v) is 8.68. The van der Waals surface area contributed by atoms with Gasteiger partial charge in [0.05, 0.1) is 6.04 Å². The number of amides is 4. The van der Waals surface area contributed by atoms with Gasteiger partial charge in [-0.15, -0.1) is 0 Å². The minimum absolute atomic E-state index is 0.0760. The van der Waals surface area contributed by atoms with Crippen molar-refractivity contribution in [1.29, 1.82) is 0 Å². The van der Waals surface area contributed by atoms with Gasteiger partial charge in [0.1, 0.15) is 0 Å². The van der Waals surface area contributed by atoms with Crippen LogP contribution in [-0.4, -0.2) is 41.9 Å². The second-order valence-corrected chi connectivity index (χ2v) is 6.27. The number of nitrogens with zero attached hydrogens (tertiary/aromatic N) is 1. The van der Waals surface area contributed by atoms with Crippen molar-refractivity contribution in [2.45, 2.75) is 46.1 Å². The third kappa shape index (κ3) is 5.20. The van der Waals surface area contributed by atoms with Crippen molar-refractivity contribution in [3.8, 4) is 0 Å². The second kappa shape index (κ2) is 8.50. The molecule has 7 nitrogen and oxygen atoms in total. The summed E-state index contributed by atoms with van der Waals surface area (Å²) in [6.07, 6.45) is 1.63. The van der Waals surface area contributed by atoms with Crippen LogP contribution >= 0.6 is 0 Å². The highest BCUT2D eigenvalue weighted by Crippen LogP contribution is 2.20. The van der Waals surface area contributed by atoms with Crippen LogP contribution in [0.3, 0.4) is 0 Å². The van der Waals surface area contributed by atoms with Crippen LogP contribution in [0.2, 0.25) is 0 Å². The van der Waals surface area contributed by atoms with Gasteiger partial charge in [-0.1, -0.05) is 19.9 Å². The van der Waals surface area contributed by atoms with Gasteiger partial charge in [0.2, 0.25) is 11.8 Å². The van der Waals surface area contributed by atoms with Gasteiger partial charge < -0.3 is 20.9 Å². The Labute approximate surface area is 148 Å². The summed E-state index contributed by atoms with van der Waals surface area (Å²) in [7, 11) is 0. The standard InChI is InChI=1S/C18H26N4O3/c1-4-8-22-11-14(10-17(22)24)20-18(25)19-13-7-6-12(3)15(9-13)21-16(23)5-2/h6-7,9,14H,4-5,8,10-11H2,1-3H3,(H,21,23)(H2,19,20,25)/t14-/m0/s1. The van der Waals surface area contributed by atoms with Crippen molar-refractivity contribution in [2.75, 3.05) is 23.7 Å². The van der Waals surface area contributed by atoms with E-state index in [1.165, 1.54) is 0 Å². The van der Waals surface area contributed by atoms with Crippen LogP contribution < -0.4 is 16.0 Å². The highest BCUT2D eigenvalue weighted by atomic mass is 16.2. The third-order valence-corrected chi connectivity index (χ3v) is 4.13. The maximum absolute atomic E-state index is 12.2. The third-order valence-electron chi connectivity index (χ3n) is 4.13. The van der Waals surface area contributed by atoms with E-state index in [1.54, 1.807) is 24.0 Å². The number of urea groups is 1. The molecule has 1 aromatic rings. The van der Waals surface area contributed by atoms with Gasteiger partial charge in [-0.05, 0) is 31.0 Å². The van der Waals surface area contributed by atoms with Crippen LogP contribution in [-0.2, 0) is 9.59 Å². The summed E-state index contributed by atoms with van der Waals surface area (Å²) in [5, 5.41) is 8.40. The molecule has 1 aliphatic heterocycles. The van der Waals surface area contributed by atoms with Crippen LogP contribution in [0.4, 0.5) is 16.2 Å². The van der Waals surface area contributed by atoms with Crippen LogP contribution in [0.5, 0.6) is 0 Å². The summed E-state index contributed by atoms with van der Waals surface area (Å²) < 4.78 is 0. The Morgan fingerprint density at radius 2 is 2.00 bits per heavy atom. The number of carbonyl (C=O) groups excluding carboxylic acids is 3. The number of rotatable bonds is 6. The van der Waals surface area contributed by atoms with Crippen molar-refractivity contribution < 1.29 is 14.4 Å². The topological polar surface area (TPSA) is 90.5 Å². The molecule has 3 N–H and O–H groups in total. The zero-order chi connectivity index (χ0) is 18.4.